The third kappa shape index (κ3) is 3.57. The molecule has 6 nitrogen and oxygen atoms in total. The van der Waals surface area contributed by atoms with E-state index in [9.17, 15) is 22.0 Å². The molecular formula is C17H19F2N3O3S. The molecule has 1 aliphatic rings. The maximum Gasteiger partial charge on any atom is 0.287 e. The van der Waals surface area contributed by atoms with Gasteiger partial charge in [0.15, 0.2) is 5.82 Å². The molecule has 1 aliphatic carbocycles. The van der Waals surface area contributed by atoms with Crippen LogP contribution in [0, 0.1) is 11.6 Å². The maximum atomic E-state index is 14.3. The van der Waals surface area contributed by atoms with Crippen LogP contribution in [-0.4, -0.2) is 18.2 Å². The normalized spacial score (nSPS) is 14.3. The molecular weight excluding hydrogens is 364 g/mol. The van der Waals surface area contributed by atoms with Crippen molar-refractivity contribution in [2.75, 3.05) is 10.0 Å². The van der Waals surface area contributed by atoms with Crippen LogP contribution in [0.3, 0.4) is 0 Å². The number of aromatic nitrogens is 1. The Bertz CT molecular complexity index is 1010. The van der Waals surface area contributed by atoms with Gasteiger partial charge < -0.3 is 5.32 Å². The summed E-state index contributed by atoms with van der Waals surface area (Å²) in [6, 6.07) is 5.35. The number of benzene rings is 1. The fraction of sp³-hybridized carbons (Fsp3) is 0.353. The van der Waals surface area contributed by atoms with Gasteiger partial charge in [0, 0.05) is 13.1 Å². The average Bonchev–Trinajstić information content (AvgIpc) is 3.43. The molecule has 1 aromatic heterocycles. The number of nitrogens with zero attached hydrogens (tertiary/aromatic N) is 1. The summed E-state index contributed by atoms with van der Waals surface area (Å²) in [5, 5.41) is 2.17. The number of hydrogen-bond donors (Lipinski definition) is 2. The third-order valence-electron chi connectivity index (χ3n) is 4.28. The predicted molar refractivity (Wildman–Crippen MR) is 96.3 cm³/mol. The van der Waals surface area contributed by atoms with Crippen molar-refractivity contribution in [1.29, 1.82) is 0 Å². The summed E-state index contributed by atoms with van der Waals surface area (Å²) in [5.74, 6) is -1.70. The Balaban J connectivity index is 2.04. The van der Waals surface area contributed by atoms with E-state index in [1.54, 1.807) is 6.07 Å². The van der Waals surface area contributed by atoms with Crippen LogP contribution in [0.5, 0.6) is 0 Å². The average molecular weight is 383 g/mol. The van der Waals surface area contributed by atoms with Crippen molar-refractivity contribution in [2.45, 2.75) is 31.4 Å². The smallest absolute Gasteiger partial charge is 0.287 e. The molecule has 1 aromatic carbocycles. The van der Waals surface area contributed by atoms with Crippen LogP contribution in [-0.2, 0) is 23.5 Å². The van der Waals surface area contributed by atoms with Crippen molar-refractivity contribution in [2.24, 2.45) is 7.05 Å². The second-order valence-corrected chi connectivity index (χ2v) is 8.22. The number of sulfonamides is 1. The fourth-order valence-electron chi connectivity index (χ4n) is 2.55. The molecule has 0 spiro atoms. The van der Waals surface area contributed by atoms with Crippen LogP contribution in [0.4, 0.5) is 26.0 Å². The van der Waals surface area contributed by atoms with Gasteiger partial charge in [0.05, 0.1) is 16.6 Å². The largest absolute Gasteiger partial charge is 0.337 e. The summed E-state index contributed by atoms with van der Waals surface area (Å²) in [6.07, 6.45) is 1.71. The number of nitrogens with one attached hydrogen (secondary N) is 2. The van der Waals surface area contributed by atoms with Gasteiger partial charge in [-0.15, -0.1) is 0 Å². The lowest BCUT2D eigenvalue weighted by atomic mass is 10.1. The van der Waals surface area contributed by atoms with Crippen LogP contribution in [0.25, 0.3) is 0 Å². The number of rotatable bonds is 6. The number of hydrogen-bond acceptors (Lipinski definition) is 4. The minimum atomic E-state index is -3.69. The Hall–Kier alpha value is -2.42. The number of pyridine rings is 1. The second-order valence-electron chi connectivity index (χ2n) is 6.26. The minimum Gasteiger partial charge on any atom is -0.337 e. The molecule has 0 radical (unpaired) electrons. The van der Waals surface area contributed by atoms with Crippen LogP contribution >= 0.6 is 0 Å². The molecule has 1 heterocycles. The molecule has 0 unspecified atom stereocenters. The minimum absolute atomic E-state index is 0.0382. The van der Waals surface area contributed by atoms with Crippen LogP contribution < -0.4 is 15.6 Å². The molecule has 1 fully saturated rings. The zero-order valence-corrected chi connectivity index (χ0v) is 15.2. The van der Waals surface area contributed by atoms with E-state index in [1.165, 1.54) is 19.2 Å². The van der Waals surface area contributed by atoms with Gasteiger partial charge in [-0.3, -0.25) is 14.1 Å². The van der Waals surface area contributed by atoms with E-state index in [0.717, 1.165) is 16.2 Å². The van der Waals surface area contributed by atoms with E-state index in [-0.39, 0.29) is 17.2 Å². The van der Waals surface area contributed by atoms with Gasteiger partial charge in [0.2, 0.25) is 10.0 Å². The highest BCUT2D eigenvalue weighted by atomic mass is 32.2. The zero-order chi connectivity index (χ0) is 19.1. The summed E-state index contributed by atoms with van der Waals surface area (Å²) in [4.78, 5) is 11.9. The summed E-state index contributed by atoms with van der Waals surface area (Å²) in [6.45, 7) is 1.89. The molecule has 0 amide bonds. The van der Waals surface area contributed by atoms with Gasteiger partial charge in [-0.05, 0) is 37.0 Å². The highest BCUT2D eigenvalue weighted by Gasteiger charge is 2.36. The molecule has 3 rings (SSSR count). The van der Waals surface area contributed by atoms with E-state index in [4.69, 9.17) is 0 Å². The summed E-state index contributed by atoms with van der Waals surface area (Å²) >= 11 is 0. The molecule has 0 bridgehead atoms. The highest BCUT2D eigenvalue weighted by Crippen LogP contribution is 2.33. The second kappa shape index (κ2) is 6.71. The first-order valence-corrected chi connectivity index (χ1v) is 9.74. The van der Waals surface area contributed by atoms with Crippen molar-refractivity contribution in [3.8, 4) is 0 Å². The Morgan fingerprint density at radius 2 is 1.85 bits per heavy atom. The van der Waals surface area contributed by atoms with E-state index in [0.29, 0.717) is 19.3 Å². The monoisotopic (exact) mass is 383 g/mol. The SMILES string of the molecule is CCc1ccc(Nc2c(NS(=O)(=O)C3CC3)cc(F)c(=O)n2C)c(F)c1. The number of anilines is 3. The molecule has 0 aliphatic heterocycles. The van der Waals surface area contributed by atoms with E-state index in [2.05, 4.69) is 10.0 Å². The first-order chi connectivity index (χ1) is 12.2. The quantitative estimate of drug-likeness (QED) is 0.804. The Morgan fingerprint density at radius 3 is 2.42 bits per heavy atom. The van der Waals surface area contributed by atoms with E-state index < -0.39 is 32.5 Å². The van der Waals surface area contributed by atoms with Gasteiger partial charge in [-0.25, -0.2) is 17.2 Å². The molecule has 26 heavy (non-hydrogen) atoms. The Labute approximate surface area is 149 Å². The van der Waals surface area contributed by atoms with Gasteiger partial charge in [0.1, 0.15) is 11.6 Å². The fourth-order valence-corrected chi connectivity index (χ4v) is 3.94. The lowest BCUT2D eigenvalue weighted by molar-refractivity contribution is 0.592. The predicted octanol–water partition coefficient (Wildman–Crippen LogP) is 2.87. The molecule has 0 saturated heterocycles. The molecule has 140 valence electrons. The zero-order valence-electron chi connectivity index (χ0n) is 14.3. The lowest BCUT2D eigenvalue weighted by Gasteiger charge is -2.18. The molecule has 1 saturated carbocycles. The van der Waals surface area contributed by atoms with Gasteiger partial charge in [-0.2, -0.15) is 0 Å². The molecule has 2 aromatic rings. The topological polar surface area (TPSA) is 80.2 Å². The van der Waals surface area contributed by atoms with Crippen LogP contribution in [0.2, 0.25) is 0 Å². The summed E-state index contributed by atoms with van der Waals surface area (Å²) in [5.41, 5.74) is -0.255. The van der Waals surface area contributed by atoms with Crippen molar-refractivity contribution in [3.63, 3.8) is 0 Å². The van der Waals surface area contributed by atoms with Gasteiger partial charge in [-0.1, -0.05) is 13.0 Å². The maximum absolute atomic E-state index is 14.3. The van der Waals surface area contributed by atoms with Gasteiger partial charge in [0.25, 0.3) is 5.56 Å². The van der Waals surface area contributed by atoms with E-state index in [1.807, 2.05) is 6.92 Å². The Morgan fingerprint density at radius 1 is 1.15 bits per heavy atom. The molecule has 9 heteroatoms. The summed E-state index contributed by atoms with van der Waals surface area (Å²) < 4.78 is 55.8. The van der Waals surface area contributed by atoms with Crippen molar-refractivity contribution in [1.82, 2.24) is 4.57 Å². The first-order valence-electron chi connectivity index (χ1n) is 8.19. The number of aryl methyl sites for hydroxylation is 1. The van der Waals surface area contributed by atoms with Crippen molar-refractivity contribution in [3.05, 3.63) is 51.8 Å². The molecule has 2 N–H and O–H groups in total. The first kappa shape index (κ1) is 18.4. The third-order valence-corrected chi connectivity index (χ3v) is 6.13. The highest BCUT2D eigenvalue weighted by molar-refractivity contribution is 7.93. The van der Waals surface area contributed by atoms with Crippen molar-refractivity contribution >= 4 is 27.2 Å². The lowest BCUT2D eigenvalue weighted by Crippen LogP contribution is -2.26. The van der Waals surface area contributed by atoms with Gasteiger partial charge >= 0.3 is 0 Å². The van der Waals surface area contributed by atoms with Crippen LogP contribution in [0.1, 0.15) is 25.3 Å². The standard InChI is InChI=1S/C17H19F2N3O3S/c1-3-10-4-7-14(12(18)8-10)20-16-15(9-13(19)17(23)22(16)2)21-26(24,25)11-5-6-11/h4,7-9,11,20-21H,3,5-6H2,1-2H3. The molecule has 0 atom stereocenters. The summed E-state index contributed by atoms with van der Waals surface area (Å²) in [7, 11) is -2.41. The number of halogens is 2. The van der Waals surface area contributed by atoms with Crippen LogP contribution in [0.15, 0.2) is 29.1 Å². The van der Waals surface area contributed by atoms with E-state index >= 15 is 0 Å². The van der Waals surface area contributed by atoms with Crippen molar-refractivity contribution < 1.29 is 17.2 Å². The Kier molecular flexibility index (Phi) is 4.74.